The van der Waals surface area contributed by atoms with Gasteiger partial charge in [-0.2, -0.15) is 0 Å². The first-order chi connectivity index (χ1) is 11.2. The second kappa shape index (κ2) is 5.66. The normalized spacial score (nSPS) is 14.7. The Kier molecular flexibility index (Phi) is 3.50. The van der Waals surface area contributed by atoms with Crippen LogP contribution in [0.4, 0.5) is 0 Å². The average Bonchev–Trinajstić information content (AvgIpc) is 3.29. The van der Waals surface area contributed by atoms with Crippen molar-refractivity contribution in [3.8, 4) is 0 Å². The van der Waals surface area contributed by atoms with Crippen LogP contribution in [-0.4, -0.2) is 20.5 Å². The number of aryl methyl sites for hydroxylation is 1. The minimum Gasteiger partial charge on any atom is -0.468 e. The zero-order valence-corrected chi connectivity index (χ0v) is 13.1. The molecule has 3 aromatic rings. The van der Waals surface area contributed by atoms with Crippen molar-refractivity contribution in [1.29, 1.82) is 0 Å². The van der Waals surface area contributed by atoms with Gasteiger partial charge in [0.05, 0.1) is 23.8 Å². The van der Waals surface area contributed by atoms with Crippen molar-refractivity contribution >= 4 is 11.0 Å². The number of benzene rings is 1. The van der Waals surface area contributed by atoms with Gasteiger partial charge in [0.2, 0.25) is 0 Å². The van der Waals surface area contributed by atoms with Gasteiger partial charge in [-0.3, -0.25) is 9.69 Å². The van der Waals surface area contributed by atoms with Crippen molar-refractivity contribution in [2.45, 2.75) is 32.0 Å². The third-order valence-corrected chi connectivity index (χ3v) is 4.41. The van der Waals surface area contributed by atoms with Crippen LogP contribution >= 0.6 is 0 Å². The highest BCUT2D eigenvalue weighted by molar-refractivity contribution is 5.74. The van der Waals surface area contributed by atoms with Crippen LogP contribution in [0.15, 0.2) is 51.9 Å². The smallest absolute Gasteiger partial charge is 0.273 e. The fourth-order valence-corrected chi connectivity index (χ4v) is 2.99. The molecular formula is C18H19N3O2. The zero-order chi connectivity index (χ0) is 15.8. The highest BCUT2D eigenvalue weighted by Crippen LogP contribution is 2.29. The fraction of sp³-hybridized carbons (Fsp3) is 0.333. The summed E-state index contributed by atoms with van der Waals surface area (Å²) in [5.41, 5.74) is 2.31. The minimum atomic E-state index is -0.0196. The maximum Gasteiger partial charge on any atom is 0.273 e. The summed E-state index contributed by atoms with van der Waals surface area (Å²) >= 11 is 0. The van der Waals surface area contributed by atoms with Crippen molar-refractivity contribution in [2.75, 3.05) is 0 Å². The van der Waals surface area contributed by atoms with E-state index in [1.54, 1.807) is 10.8 Å². The van der Waals surface area contributed by atoms with E-state index in [9.17, 15) is 4.79 Å². The number of rotatable bonds is 5. The Bertz CT molecular complexity index is 879. The summed E-state index contributed by atoms with van der Waals surface area (Å²) in [6.45, 7) is 1.28. The van der Waals surface area contributed by atoms with E-state index in [2.05, 4.69) is 9.88 Å². The Hall–Kier alpha value is -2.40. The predicted molar refractivity (Wildman–Crippen MR) is 88.0 cm³/mol. The lowest BCUT2D eigenvalue weighted by atomic mass is 10.2. The highest BCUT2D eigenvalue weighted by Gasteiger charge is 2.30. The molecule has 1 aromatic carbocycles. The van der Waals surface area contributed by atoms with Gasteiger partial charge < -0.3 is 8.98 Å². The van der Waals surface area contributed by atoms with Crippen LogP contribution in [0.5, 0.6) is 0 Å². The van der Waals surface area contributed by atoms with Crippen LogP contribution in [0.25, 0.3) is 11.0 Å². The Morgan fingerprint density at radius 1 is 1.22 bits per heavy atom. The second-order valence-corrected chi connectivity index (χ2v) is 6.13. The Morgan fingerprint density at radius 3 is 2.78 bits per heavy atom. The quantitative estimate of drug-likeness (QED) is 0.727. The van der Waals surface area contributed by atoms with Gasteiger partial charge in [-0.25, -0.2) is 4.98 Å². The van der Waals surface area contributed by atoms with Crippen LogP contribution < -0.4 is 5.56 Å². The number of fused-ring (bicyclic) bond motifs is 1. The third-order valence-electron chi connectivity index (χ3n) is 4.41. The molecule has 0 aliphatic heterocycles. The van der Waals surface area contributed by atoms with E-state index in [-0.39, 0.29) is 5.56 Å². The molecule has 0 N–H and O–H groups in total. The number of hydrogen-bond donors (Lipinski definition) is 0. The minimum absolute atomic E-state index is 0.0196. The second-order valence-electron chi connectivity index (χ2n) is 6.13. The molecule has 5 nitrogen and oxygen atoms in total. The summed E-state index contributed by atoms with van der Waals surface area (Å²) in [6, 6.07) is 12.1. The Labute approximate surface area is 134 Å². The summed E-state index contributed by atoms with van der Waals surface area (Å²) in [6.07, 6.45) is 4.04. The van der Waals surface area contributed by atoms with E-state index in [1.807, 2.05) is 43.4 Å². The van der Waals surface area contributed by atoms with E-state index < -0.39 is 0 Å². The lowest BCUT2D eigenvalue weighted by Crippen LogP contribution is -2.31. The first-order valence-electron chi connectivity index (χ1n) is 7.93. The fourth-order valence-electron chi connectivity index (χ4n) is 2.99. The van der Waals surface area contributed by atoms with E-state index in [1.165, 1.54) is 12.8 Å². The first kappa shape index (κ1) is 14.2. The van der Waals surface area contributed by atoms with Gasteiger partial charge in [0, 0.05) is 19.6 Å². The lowest BCUT2D eigenvalue weighted by molar-refractivity contribution is 0.221. The number of furan rings is 1. The van der Waals surface area contributed by atoms with E-state index >= 15 is 0 Å². The number of aromatic nitrogens is 2. The number of para-hydroxylation sites is 2. The third kappa shape index (κ3) is 2.80. The van der Waals surface area contributed by atoms with Gasteiger partial charge in [0.25, 0.3) is 5.56 Å². The summed E-state index contributed by atoms with van der Waals surface area (Å²) in [7, 11) is 1.81. The molecular weight excluding hydrogens is 290 g/mol. The SMILES string of the molecule is Cn1c(=O)c(CN(Cc2ccco2)C2CC2)nc2ccccc21. The van der Waals surface area contributed by atoms with Gasteiger partial charge in [0.1, 0.15) is 11.5 Å². The van der Waals surface area contributed by atoms with Gasteiger partial charge in [-0.15, -0.1) is 0 Å². The van der Waals surface area contributed by atoms with Gasteiger partial charge in [0.15, 0.2) is 0 Å². The summed E-state index contributed by atoms with van der Waals surface area (Å²) < 4.78 is 7.15. The highest BCUT2D eigenvalue weighted by atomic mass is 16.3. The molecule has 0 radical (unpaired) electrons. The number of hydrogen-bond acceptors (Lipinski definition) is 4. The summed E-state index contributed by atoms with van der Waals surface area (Å²) in [5, 5.41) is 0. The molecule has 1 fully saturated rings. The maximum absolute atomic E-state index is 12.6. The molecule has 2 heterocycles. The molecule has 0 spiro atoms. The van der Waals surface area contributed by atoms with E-state index in [0.717, 1.165) is 23.3 Å². The Balaban J connectivity index is 1.67. The van der Waals surface area contributed by atoms with Gasteiger partial charge >= 0.3 is 0 Å². The van der Waals surface area contributed by atoms with Crippen molar-refractivity contribution in [3.05, 3.63) is 64.5 Å². The molecule has 1 aliphatic carbocycles. The molecule has 0 bridgehead atoms. The van der Waals surface area contributed by atoms with Crippen molar-refractivity contribution in [1.82, 2.24) is 14.5 Å². The van der Waals surface area contributed by atoms with Crippen LogP contribution in [0, 0.1) is 0 Å². The predicted octanol–water partition coefficient (Wildman–Crippen LogP) is 2.69. The van der Waals surface area contributed by atoms with E-state index in [0.29, 0.717) is 18.3 Å². The monoisotopic (exact) mass is 309 g/mol. The van der Waals surface area contributed by atoms with Gasteiger partial charge in [-0.05, 0) is 37.1 Å². The molecule has 0 unspecified atom stereocenters. The largest absolute Gasteiger partial charge is 0.468 e. The first-order valence-corrected chi connectivity index (χ1v) is 7.93. The average molecular weight is 309 g/mol. The summed E-state index contributed by atoms with van der Waals surface area (Å²) in [5.74, 6) is 0.925. The molecule has 1 aliphatic rings. The van der Waals surface area contributed by atoms with Crippen molar-refractivity contribution in [3.63, 3.8) is 0 Å². The van der Waals surface area contributed by atoms with Crippen molar-refractivity contribution in [2.24, 2.45) is 7.05 Å². The van der Waals surface area contributed by atoms with Crippen LogP contribution in [0.3, 0.4) is 0 Å². The molecule has 118 valence electrons. The van der Waals surface area contributed by atoms with E-state index in [4.69, 9.17) is 4.42 Å². The maximum atomic E-state index is 12.6. The lowest BCUT2D eigenvalue weighted by Gasteiger charge is -2.20. The van der Waals surface area contributed by atoms with Crippen molar-refractivity contribution < 1.29 is 4.42 Å². The Morgan fingerprint density at radius 2 is 2.04 bits per heavy atom. The molecule has 23 heavy (non-hydrogen) atoms. The molecule has 4 rings (SSSR count). The molecule has 0 atom stereocenters. The number of nitrogens with zero attached hydrogens (tertiary/aromatic N) is 3. The van der Waals surface area contributed by atoms with Gasteiger partial charge in [-0.1, -0.05) is 12.1 Å². The molecule has 0 saturated heterocycles. The molecule has 0 amide bonds. The van der Waals surface area contributed by atoms with Crippen LogP contribution in [0.1, 0.15) is 24.3 Å². The molecule has 1 saturated carbocycles. The van der Waals surface area contributed by atoms with Crippen LogP contribution in [-0.2, 0) is 20.1 Å². The topological polar surface area (TPSA) is 51.3 Å². The zero-order valence-electron chi connectivity index (χ0n) is 13.1. The molecule has 2 aromatic heterocycles. The van der Waals surface area contributed by atoms with Crippen LogP contribution in [0.2, 0.25) is 0 Å². The summed E-state index contributed by atoms with van der Waals surface area (Å²) in [4.78, 5) is 19.5. The molecule has 5 heteroatoms. The standard InChI is InChI=1S/C18H19N3O2/c1-20-17-7-3-2-6-15(17)19-16(18(20)22)12-21(13-8-9-13)11-14-5-4-10-23-14/h2-7,10,13H,8-9,11-12H2,1H3.